The van der Waals surface area contributed by atoms with Gasteiger partial charge in [-0.25, -0.2) is 4.79 Å². The quantitative estimate of drug-likeness (QED) is 0.458. The molecule has 28 heavy (non-hydrogen) atoms. The van der Waals surface area contributed by atoms with Gasteiger partial charge in [-0.2, -0.15) is 0 Å². The van der Waals surface area contributed by atoms with Crippen molar-refractivity contribution in [3.8, 4) is 0 Å². The molecule has 3 N–H and O–H groups in total. The summed E-state index contributed by atoms with van der Waals surface area (Å²) in [6.45, 7) is 0.978. The highest BCUT2D eigenvalue weighted by Crippen LogP contribution is 2.25. The van der Waals surface area contributed by atoms with Crippen molar-refractivity contribution in [2.24, 2.45) is 0 Å². The summed E-state index contributed by atoms with van der Waals surface area (Å²) in [5, 5.41) is 9.18. The number of rotatable bonds is 5. The Kier molecular flexibility index (Phi) is 5.00. The summed E-state index contributed by atoms with van der Waals surface area (Å²) >= 11 is 0. The van der Waals surface area contributed by atoms with Crippen molar-refractivity contribution < 1.29 is 4.79 Å². The van der Waals surface area contributed by atoms with E-state index < -0.39 is 0 Å². The third-order valence-corrected chi connectivity index (χ3v) is 4.89. The number of amides is 2. The number of nitrogens with zero attached hydrogens (tertiary/aromatic N) is 1. The van der Waals surface area contributed by atoms with Crippen LogP contribution in [-0.4, -0.2) is 36.6 Å². The first kappa shape index (κ1) is 18.1. The molecule has 0 unspecified atom stereocenters. The number of anilines is 2. The average molecular weight is 372 g/mol. The fourth-order valence-corrected chi connectivity index (χ4v) is 3.43. The van der Waals surface area contributed by atoms with Gasteiger partial charge in [0, 0.05) is 34.7 Å². The van der Waals surface area contributed by atoms with E-state index >= 15 is 0 Å². The van der Waals surface area contributed by atoms with Gasteiger partial charge in [-0.3, -0.25) is 0 Å². The molecule has 1 aromatic heterocycles. The number of hydrogen-bond acceptors (Lipinski definition) is 2. The Bertz CT molecular complexity index is 1120. The molecule has 0 aliphatic heterocycles. The molecule has 142 valence electrons. The third-order valence-electron chi connectivity index (χ3n) is 4.89. The number of carbonyl (C=O) groups excluding carboxylic acids is 1. The molecule has 0 fully saturated rings. The van der Waals surface area contributed by atoms with E-state index in [1.165, 1.54) is 5.56 Å². The predicted molar refractivity (Wildman–Crippen MR) is 117 cm³/mol. The second-order valence-electron chi connectivity index (χ2n) is 7.23. The third kappa shape index (κ3) is 3.85. The van der Waals surface area contributed by atoms with E-state index in [0.717, 1.165) is 46.0 Å². The van der Waals surface area contributed by atoms with Crippen LogP contribution >= 0.6 is 0 Å². The molecule has 0 atom stereocenters. The monoisotopic (exact) mass is 372 g/mol. The number of carbonyl (C=O) groups is 1. The van der Waals surface area contributed by atoms with E-state index in [1.807, 2.05) is 66.9 Å². The number of aromatic nitrogens is 1. The number of aromatic amines is 1. The van der Waals surface area contributed by atoms with Gasteiger partial charge in [-0.1, -0.05) is 36.4 Å². The van der Waals surface area contributed by atoms with E-state index in [0.29, 0.717) is 0 Å². The molecule has 5 nitrogen and oxygen atoms in total. The van der Waals surface area contributed by atoms with Gasteiger partial charge in [-0.05, 0) is 55.7 Å². The summed E-state index contributed by atoms with van der Waals surface area (Å²) in [7, 11) is 4.14. The van der Waals surface area contributed by atoms with E-state index in [4.69, 9.17) is 0 Å². The minimum Gasteiger partial charge on any atom is -0.361 e. The Morgan fingerprint density at radius 3 is 2.64 bits per heavy atom. The van der Waals surface area contributed by atoms with Crippen LogP contribution in [0.15, 0.2) is 66.9 Å². The van der Waals surface area contributed by atoms with Crippen molar-refractivity contribution in [1.29, 1.82) is 0 Å². The van der Waals surface area contributed by atoms with Gasteiger partial charge >= 0.3 is 6.03 Å². The van der Waals surface area contributed by atoms with Crippen molar-refractivity contribution in [2.45, 2.75) is 6.42 Å². The van der Waals surface area contributed by atoms with Crippen LogP contribution in [0.2, 0.25) is 0 Å². The maximum Gasteiger partial charge on any atom is 0.323 e. The lowest BCUT2D eigenvalue weighted by atomic mass is 10.1. The lowest BCUT2D eigenvalue weighted by Gasteiger charge is -2.11. The minimum absolute atomic E-state index is 0.249. The predicted octanol–water partition coefficient (Wildman–Crippen LogP) is 5.07. The second-order valence-corrected chi connectivity index (χ2v) is 7.23. The zero-order chi connectivity index (χ0) is 19.5. The van der Waals surface area contributed by atoms with Gasteiger partial charge in [-0.15, -0.1) is 0 Å². The smallest absolute Gasteiger partial charge is 0.323 e. The Hall–Kier alpha value is -3.31. The van der Waals surface area contributed by atoms with Crippen LogP contribution in [0.1, 0.15) is 5.56 Å². The highest BCUT2D eigenvalue weighted by Gasteiger charge is 2.09. The molecule has 2 amide bonds. The van der Waals surface area contributed by atoms with E-state index in [9.17, 15) is 4.79 Å². The summed E-state index contributed by atoms with van der Waals surface area (Å²) in [6, 6.07) is 19.6. The molecule has 4 rings (SSSR count). The van der Waals surface area contributed by atoms with Crippen LogP contribution in [0.3, 0.4) is 0 Å². The molecule has 0 spiro atoms. The van der Waals surface area contributed by atoms with Crippen molar-refractivity contribution in [3.63, 3.8) is 0 Å². The maximum absolute atomic E-state index is 12.6. The molecule has 4 aromatic rings. The first-order valence-corrected chi connectivity index (χ1v) is 9.41. The van der Waals surface area contributed by atoms with Crippen LogP contribution in [0, 0.1) is 0 Å². The summed E-state index contributed by atoms with van der Waals surface area (Å²) in [5.74, 6) is 0. The summed E-state index contributed by atoms with van der Waals surface area (Å²) in [6.07, 6.45) is 3.01. The minimum atomic E-state index is -0.249. The number of nitrogens with one attached hydrogen (secondary N) is 3. The van der Waals surface area contributed by atoms with E-state index in [2.05, 4.69) is 34.6 Å². The van der Waals surface area contributed by atoms with Crippen LogP contribution < -0.4 is 10.6 Å². The molecule has 0 radical (unpaired) electrons. The molecule has 0 bridgehead atoms. The topological polar surface area (TPSA) is 60.2 Å². The standard InChI is InChI=1S/C23H24N4O/c1-27(2)13-12-17-15-24-21-11-10-18(14-20(17)21)25-23(28)26-22-9-5-7-16-6-3-4-8-19(16)22/h3-11,14-15,24H,12-13H2,1-2H3,(H2,25,26,28). The van der Waals surface area contributed by atoms with Crippen molar-refractivity contribution in [3.05, 3.63) is 72.4 Å². The molecule has 0 aliphatic carbocycles. The van der Waals surface area contributed by atoms with Gasteiger partial charge < -0.3 is 20.5 Å². The summed E-state index contributed by atoms with van der Waals surface area (Å²) < 4.78 is 0. The fourth-order valence-electron chi connectivity index (χ4n) is 3.43. The number of likely N-dealkylation sites (N-methyl/N-ethyl adjacent to an activating group) is 1. The van der Waals surface area contributed by atoms with Gasteiger partial charge in [0.15, 0.2) is 0 Å². The van der Waals surface area contributed by atoms with Crippen molar-refractivity contribution in [1.82, 2.24) is 9.88 Å². The molecule has 0 saturated heterocycles. The van der Waals surface area contributed by atoms with E-state index in [1.54, 1.807) is 0 Å². The zero-order valence-corrected chi connectivity index (χ0v) is 16.1. The van der Waals surface area contributed by atoms with Crippen LogP contribution in [0.25, 0.3) is 21.7 Å². The Labute approximate surface area is 164 Å². The Morgan fingerprint density at radius 2 is 1.79 bits per heavy atom. The van der Waals surface area contributed by atoms with Crippen LogP contribution in [0.5, 0.6) is 0 Å². The lowest BCUT2D eigenvalue weighted by molar-refractivity contribution is 0.262. The first-order valence-electron chi connectivity index (χ1n) is 9.41. The van der Waals surface area contributed by atoms with Crippen molar-refractivity contribution >= 4 is 39.1 Å². The normalized spacial score (nSPS) is 11.2. The molecule has 5 heteroatoms. The summed E-state index contributed by atoms with van der Waals surface area (Å²) in [4.78, 5) is 18.0. The van der Waals surface area contributed by atoms with Gasteiger partial charge in [0.2, 0.25) is 0 Å². The number of benzene rings is 3. The molecule has 0 aliphatic rings. The Balaban J connectivity index is 1.52. The molecule has 0 saturated carbocycles. The van der Waals surface area contributed by atoms with E-state index in [-0.39, 0.29) is 6.03 Å². The molecular formula is C23H24N4O. The number of urea groups is 1. The molecule has 1 heterocycles. The van der Waals surface area contributed by atoms with Gasteiger partial charge in [0.05, 0.1) is 5.69 Å². The number of hydrogen-bond donors (Lipinski definition) is 3. The van der Waals surface area contributed by atoms with Crippen LogP contribution in [-0.2, 0) is 6.42 Å². The maximum atomic E-state index is 12.6. The van der Waals surface area contributed by atoms with Gasteiger partial charge in [0.25, 0.3) is 0 Å². The number of fused-ring (bicyclic) bond motifs is 2. The largest absolute Gasteiger partial charge is 0.361 e. The van der Waals surface area contributed by atoms with Gasteiger partial charge in [0.1, 0.15) is 0 Å². The average Bonchev–Trinajstić information content (AvgIpc) is 3.09. The number of H-pyrrole nitrogens is 1. The molecule has 3 aromatic carbocycles. The summed E-state index contributed by atoms with van der Waals surface area (Å²) in [5.41, 5.74) is 3.90. The SMILES string of the molecule is CN(C)CCc1c[nH]c2ccc(NC(=O)Nc3cccc4ccccc34)cc12. The highest BCUT2D eigenvalue weighted by atomic mass is 16.2. The Morgan fingerprint density at radius 1 is 0.964 bits per heavy atom. The van der Waals surface area contributed by atoms with Crippen molar-refractivity contribution in [2.75, 3.05) is 31.3 Å². The lowest BCUT2D eigenvalue weighted by Crippen LogP contribution is -2.19. The highest BCUT2D eigenvalue weighted by molar-refractivity contribution is 6.06. The van der Waals surface area contributed by atoms with Crippen LogP contribution in [0.4, 0.5) is 16.2 Å². The fraction of sp³-hybridized carbons (Fsp3) is 0.174. The molecular weight excluding hydrogens is 348 g/mol. The zero-order valence-electron chi connectivity index (χ0n) is 16.1. The second kappa shape index (κ2) is 7.74. The first-order chi connectivity index (χ1) is 13.6.